The quantitative estimate of drug-likeness (QED) is 0.518. The van der Waals surface area contributed by atoms with Crippen LogP contribution in [0.1, 0.15) is 77.6 Å². The number of hydrogen-bond acceptors (Lipinski definition) is 2. The first-order valence-electron chi connectivity index (χ1n) is 9.58. The number of rotatable bonds is 10. The topological polar surface area (TPSA) is 58.2 Å². The highest BCUT2D eigenvalue weighted by atomic mass is 32.2. The lowest BCUT2D eigenvalue weighted by atomic mass is 9.93. The summed E-state index contributed by atoms with van der Waals surface area (Å²) in [6, 6.07) is 7.73. The summed E-state index contributed by atoms with van der Waals surface area (Å²) in [6.45, 7) is 19.4. The molecule has 0 bridgehead atoms. The molecule has 0 radical (unpaired) electrons. The molecule has 0 aliphatic carbocycles. The van der Waals surface area contributed by atoms with Crippen molar-refractivity contribution < 1.29 is 8.42 Å². The van der Waals surface area contributed by atoms with Gasteiger partial charge in [-0.2, -0.15) is 0 Å². The minimum absolute atomic E-state index is 0.147. The Morgan fingerprint density at radius 3 is 1.39 bits per heavy atom. The van der Waals surface area contributed by atoms with Crippen LogP contribution in [-0.2, 0) is 22.0 Å². The molecule has 1 aromatic rings. The number of hydrogen-bond donors (Lipinski definition) is 2. The van der Waals surface area contributed by atoms with E-state index in [4.69, 9.17) is 0 Å². The zero-order valence-electron chi connectivity index (χ0n) is 18.1. The van der Waals surface area contributed by atoms with Crippen molar-refractivity contribution in [3.8, 4) is 0 Å². The Labute approximate surface area is 176 Å². The molecule has 0 spiro atoms. The van der Waals surface area contributed by atoms with E-state index in [0.717, 1.165) is 11.1 Å². The summed E-state index contributed by atoms with van der Waals surface area (Å²) in [7, 11) is -2.44. The minimum atomic E-state index is -1.22. The molecule has 0 fully saturated rings. The van der Waals surface area contributed by atoms with Gasteiger partial charge in [-0.1, -0.05) is 36.4 Å². The summed E-state index contributed by atoms with van der Waals surface area (Å²) in [6.07, 6.45) is 4.94. The molecule has 0 aromatic heterocycles. The van der Waals surface area contributed by atoms with Gasteiger partial charge in [0.05, 0.1) is 31.5 Å². The van der Waals surface area contributed by atoms with E-state index in [1.54, 1.807) is 0 Å². The Morgan fingerprint density at radius 2 is 1.14 bits per heavy atom. The van der Waals surface area contributed by atoms with Crippen molar-refractivity contribution in [3.05, 3.63) is 60.7 Å². The smallest absolute Gasteiger partial charge is 0.0976 e. The van der Waals surface area contributed by atoms with Crippen molar-refractivity contribution in [2.24, 2.45) is 0 Å². The van der Waals surface area contributed by atoms with Crippen LogP contribution >= 0.6 is 0 Å². The molecule has 0 saturated heterocycles. The molecule has 0 amide bonds. The van der Waals surface area contributed by atoms with E-state index in [0.29, 0.717) is 12.8 Å². The average molecular weight is 425 g/mol. The Kier molecular flexibility index (Phi) is 9.47. The maximum atomic E-state index is 12.7. The van der Waals surface area contributed by atoms with Crippen LogP contribution in [-0.4, -0.2) is 17.9 Å². The fourth-order valence-electron chi connectivity index (χ4n) is 2.57. The molecular formula is C22H36N2O2S2. The summed E-state index contributed by atoms with van der Waals surface area (Å²) in [5.74, 6) is 0. The molecule has 0 aliphatic heterocycles. The number of benzene rings is 1. The van der Waals surface area contributed by atoms with E-state index in [-0.39, 0.29) is 21.6 Å². The molecule has 4 atom stereocenters. The lowest BCUT2D eigenvalue weighted by Gasteiger charge is -2.29. The molecule has 2 N–H and O–H groups in total. The third kappa shape index (κ3) is 7.39. The highest BCUT2D eigenvalue weighted by molar-refractivity contribution is 7.84. The molecule has 28 heavy (non-hydrogen) atoms. The molecular weight excluding hydrogens is 388 g/mol. The van der Waals surface area contributed by atoms with Crippen LogP contribution in [0.25, 0.3) is 0 Å². The minimum Gasteiger partial charge on any atom is -0.242 e. The van der Waals surface area contributed by atoms with E-state index in [1.807, 2.05) is 78.0 Å². The van der Waals surface area contributed by atoms with Crippen LogP contribution in [0.3, 0.4) is 0 Å². The standard InChI is InChI=1S/C22H36N2O2S2/c1-9-13-19(23-27(25)21(3,4)5)17-15-11-12-16-18(17)20(14-10-2)24-28(26)22(6,7)8/h9-12,15-16,19-20,23-24H,1-2,13-14H2,3-8H3/t19-,20-,27+,28+/m1/s1. The average Bonchev–Trinajstić information content (AvgIpc) is 2.59. The van der Waals surface area contributed by atoms with Crippen molar-refractivity contribution in [1.29, 1.82) is 0 Å². The van der Waals surface area contributed by atoms with Gasteiger partial charge in [-0.3, -0.25) is 0 Å². The van der Waals surface area contributed by atoms with Gasteiger partial charge in [0.1, 0.15) is 0 Å². The summed E-state index contributed by atoms with van der Waals surface area (Å²) >= 11 is 0. The van der Waals surface area contributed by atoms with Gasteiger partial charge < -0.3 is 0 Å². The molecule has 0 unspecified atom stereocenters. The SMILES string of the molecule is C=CC[C@@H](N[S@@](=O)C(C)(C)C)c1ccccc1[C@@H](CC=C)N[S@@](=O)C(C)(C)C. The number of nitrogens with one attached hydrogen (secondary N) is 2. The summed E-state index contributed by atoms with van der Waals surface area (Å²) < 4.78 is 31.2. The van der Waals surface area contributed by atoms with Crippen LogP contribution in [0.5, 0.6) is 0 Å². The summed E-state index contributed by atoms with van der Waals surface area (Å²) in [5, 5.41) is 0. The van der Waals surface area contributed by atoms with E-state index < -0.39 is 22.0 Å². The van der Waals surface area contributed by atoms with Crippen molar-refractivity contribution >= 4 is 22.0 Å². The second-order valence-electron chi connectivity index (χ2n) is 8.78. The first-order valence-corrected chi connectivity index (χ1v) is 11.9. The zero-order chi connectivity index (χ0) is 21.5. The maximum Gasteiger partial charge on any atom is 0.0976 e. The van der Waals surface area contributed by atoms with Crippen LogP contribution in [0, 0.1) is 0 Å². The van der Waals surface area contributed by atoms with Crippen LogP contribution < -0.4 is 9.44 Å². The van der Waals surface area contributed by atoms with Gasteiger partial charge >= 0.3 is 0 Å². The molecule has 0 heterocycles. The third-order valence-electron chi connectivity index (χ3n) is 4.16. The fraction of sp³-hybridized carbons (Fsp3) is 0.545. The second-order valence-corrected chi connectivity index (χ2v) is 12.8. The Balaban J connectivity index is 3.32. The largest absolute Gasteiger partial charge is 0.242 e. The molecule has 0 saturated carbocycles. The van der Waals surface area contributed by atoms with Gasteiger partial charge in [-0.25, -0.2) is 17.9 Å². The van der Waals surface area contributed by atoms with E-state index in [1.165, 1.54) is 0 Å². The molecule has 1 rings (SSSR count). The Morgan fingerprint density at radius 1 is 0.821 bits per heavy atom. The lowest BCUT2D eigenvalue weighted by Crippen LogP contribution is -2.38. The van der Waals surface area contributed by atoms with Crippen LogP contribution in [0.15, 0.2) is 49.6 Å². The lowest BCUT2D eigenvalue weighted by molar-refractivity contribution is 0.577. The molecule has 0 aliphatic rings. The van der Waals surface area contributed by atoms with Crippen LogP contribution in [0.4, 0.5) is 0 Å². The zero-order valence-corrected chi connectivity index (χ0v) is 19.7. The van der Waals surface area contributed by atoms with Gasteiger partial charge in [-0.05, 0) is 65.5 Å². The van der Waals surface area contributed by atoms with Gasteiger partial charge in [-0.15, -0.1) is 13.2 Å². The van der Waals surface area contributed by atoms with Crippen molar-refractivity contribution in [2.75, 3.05) is 0 Å². The maximum absolute atomic E-state index is 12.7. The molecule has 158 valence electrons. The highest BCUT2D eigenvalue weighted by Gasteiger charge is 2.28. The molecule has 1 aromatic carbocycles. The normalized spacial score (nSPS) is 16.8. The fourth-order valence-corrected chi connectivity index (χ4v) is 4.24. The Bertz CT molecular complexity index is 657. The highest BCUT2D eigenvalue weighted by Crippen LogP contribution is 2.30. The van der Waals surface area contributed by atoms with Gasteiger partial charge in [0.2, 0.25) is 0 Å². The van der Waals surface area contributed by atoms with Gasteiger partial charge in [0.25, 0.3) is 0 Å². The predicted molar refractivity (Wildman–Crippen MR) is 124 cm³/mol. The Hall–Kier alpha value is -1.08. The predicted octanol–water partition coefficient (Wildman–Crippen LogP) is 5.02. The first kappa shape index (κ1) is 25.0. The van der Waals surface area contributed by atoms with E-state index in [9.17, 15) is 8.42 Å². The van der Waals surface area contributed by atoms with Crippen molar-refractivity contribution in [1.82, 2.24) is 9.44 Å². The van der Waals surface area contributed by atoms with E-state index in [2.05, 4.69) is 22.6 Å². The van der Waals surface area contributed by atoms with Crippen molar-refractivity contribution in [3.63, 3.8) is 0 Å². The van der Waals surface area contributed by atoms with E-state index >= 15 is 0 Å². The first-order chi connectivity index (χ1) is 12.9. The second kappa shape index (κ2) is 10.6. The van der Waals surface area contributed by atoms with Gasteiger partial charge in [0.15, 0.2) is 0 Å². The van der Waals surface area contributed by atoms with Gasteiger partial charge in [0, 0.05) is 12.1 Å². The monoisotopic (exact) mass is 424 g/mol. The third-order valence-corrected chi connectivity index (χ3v) is 7.38. The van der Waals surface area contributed by atoms with Crippen molar-refractivity contribution in [2.45, 2.75) is 76.0 Å². The molecule has 4 nitrogen and oxygen atoms in total. The summed E-state index contributed by atoms with van der Waals surface area (Å²) in [4.78, 5) is 0. The molecule has 6 heteroatoms. The summed E-state index contributed by atoms with van der Waals surface area (Å²) in [5.41, 5.74) is 2.07. The van der Waals surface area contributed by atoms with Crippen LogP contribution in [0.2, 0.25) is 0 Å².